The number of nitrogens with zero attached hydrogens (tertiary/aromatic N) is 4. The van der Waals surface area contributed by atoms with Gasteiger partial charge in [-0.25, -0.2) is 9.18 Å². The molecule has 8 nitrogen and oxygen atoms in total. The minimum absolute atomic E-state index is 0.0770. The van der Waals surface area contributed by atoms with Crippen molar-refractivity contribution in [2.45, 2.75) is 24.6 Å². The van der Waals surface area contributed by atoms with Crippen LogP contribution in [0.25, 0.3) is 11.4 Å². The third-order valence-corrected chi connectivity index (χ3v) is 6.85. The number of amides is 2. The van der Waals surface area contributed by atoms with Gasteiger partial charge in [-0.2, -0.15) is 4.98 Å². The van der Waals surface area contributed by atoms with Crippen LogP contribution in [0.4, 0.5) is 22.4 Å². The molecule has 5 rings (SSSR count). The average Bonchev–Trinajstić information content (AvgIpc) is 3.40. The monoisotopic (exact) mass is 554 g/mol. The van der Waals surface area contributed by atoms with Crippen molar-refractivity contribution < 1.29 is 36.4 Å². The van der Waals surface area contributed by atoms with E-state index in [0.29, 0.717) is 57.3 Å². The van der Waals surface area contributed by atoms with Crippen molar-refractivity contribution in [2.75, 3.05) is 39.4 Å². The van der Waals surface area contributed by atoms with Crippen molar-refractivity contribution >= 4 is 17.6 Å². The maximum absolute atomic E-state index is 13.6. The second-order valence-electron chi connectivity index (χ2n) is 9.12. The summed E-state index contributed by atoms with van der Waals surface area (Å²) in [6, 6.07) is 9.56. The zero-order valence-electron chi connectivity index (χ0n) is 20.0. The third kappa shape index (κ3) is 6.02. The molecular formula is C25H23ClF4N4O4. The molecule has 0 aliphatic carbocycles. The van der Waals surface area contributed by atoms with Gasteiger partial charge in [0.05, 0.1) is 24.2 Å². The first kappa shape index (κ1) is 26.2. The van der Waals surface area contributed by atoms with Crippen molar-refractivity contribution in [1.82, 2.24) is 19.9 Å². The van der Waals surface area contributed by atoms with Crippen LogP contribution in [0, 0.1) is 5.82 Å². The molecule has 2 amide bonds. The van der Waals surface area contributed by atoms with E-state index in [1.807, 2.05) is 0 Å². The summed E-state index contributed by atoms with van der Waals surface area (Å²) in [5.41, 5.74) is 1.22. The molecule has 2 aliphatic heterocycles. The summed E-state index contributed by atoms with van der Waals surface area (Å²) < 4.78 is 66.2. The number of carbonyl (C=O) groups excluding carboxylic acids is 1. The van der Waals surface area contributed by atoms with Gasteiger partial charge in [0.2, 0.25) is 11.7 Å². The lowest BCUT2D eigenvalue weighted by Gasteiger charge is -2.40. The van der Waals surface area contributed by atoms with Gasteiger partial charge < -0.3 is 23.8 Å². The fourth-order valence-corrected chi connectivity index (χ4v) is 4.91. The molecule has 3 aromatic rings. The van der Waals surface area contributed by atoms with Crippen LogP contribution < -0.4 is 4.74 Å². The Morgan fingerprint density at radius 1 is 1.03 bits per heavy atom. The average molecular weight is 555 g/mol. The molecule has 0 bridgehead atoms. The first-order valence-electron chi connectivity index (χ1n) is 11.9. The molecule has 0 spiro atoms. The molecule has 0 saturated carbocycles. The molecule has 2 atom stereocenters. The van der Waals surface area contributed by atoms with Crippen LogP contribution in [-0.4, -0.2) is 71.7 Å². The van der Waals surface area contributed by atoms with Gasteiger partial charge in [0.25, 0.3) is 0 Å². The van der Waals surface area contributed by atoms with E-state index in [1.165, 1.54) is 30.3 Å². The predicted octanol–water partition coefficient (Wildman–Crippen LogP) is 5.45. The van der Waals surface area contributed by atoms with Crippen molar-refractivity contribution in [1.29, 1.82) is 0 Å². The summed E-state index contributed by atoms with van der Waals surface area (Å²) in [6.45, 7) is 2.49. The summed E-state index contributed by atoms with van der Waals surface area (Å²) in [6.07, 6.45) is -4.28. The van der Waals surface area contributed by atoms with Gasteiger partial charge in [0.15, 0.2) is 0 Å². The van der Waals surface area contributed by atoms with Crippen LogP contribution in [0.5, 0.6) is 5.75 Å². The minimum atomic E-state index is -4.79. The topological polar surface area (TPSA) is 80.9 Å². The first-order chi connectivity index (χ1) is 18.2. The second-order valence-corrected chi connectivity index (χ2v) is 9.53. The number of alkyl halides is 3. The van der Waals surface area contributed by atoms with E-state index in [0.717, 1.165) is 5.56 Å². The molecule has 38 heavy (non-hydrogen) atoms. The highest BCUT2D eigenvalue weighted by Gasteiger charge is 2.37. The van der Waals surface area contributed by atoms with Gasteiger partial charge >= 0.3 is 12.4 Å². The Kier molecular flexibility index (Phi) is 7.44. The van der Waals surface area contributed by atoms with Gasteiger partial charge in [-0.05, 0) is 42.3 Å². The number of hydrogen-bond acceptors (Lipinski definition) is 6. The minimum Gasteiger partial charge on any atom is -0.406 e. The van der Waals surface area contributed by atoms with Crippen LogP contribution >= 0.6 is 11.6 Å². The van der Waals surface area contributed by atoms with E-state index in [4.69, 9.17) is 20.9 Å². The molecule has 2 aliphatic rings. The van der Waals surface area contributed by atoms with E-state index in [1.54, 1.807) is 21.9 Å². The lowest BCUT2D eigenvalue weighted by atomic mass is 9.84. The summed E-state index contributed by atoms with van der Waals surface area (Å²) >= 11 is 5.89. The lowest BCUT2D eigenvalue weighted by Crippen LogP contribution is -2.52. The van der Waals surface area contributed by atoms with Crippen LogP contribution in [0.2, 0.25) is 5.02 Å². The van der Waals surface area contributed by atoms with Gasteiger partial charge in [0, 0.05) is 37.7 Å². The Morgan fingerprint density at radius 3 is 2.42 bits per heavy atom. The summed E-state index contributed by atoms with van der Waals surface area (Å²) in [4.78, 5) is 21.2. The number of carbonyl (C=O) groups is 1. The Morgan fingerprint density at radius 2 is 1.74 bits per heavy atom. The highest BCUT2D eigenvalue weighted by atomic mass is 35.5. The van der Waals surface area contributed by atoms with Crippen molar-refractivity contribution in [3.8, 4) is 17.1 Å². The number of piperidine rings is 1. The molecule has 13 heteroatoms. The zero-order chi connectivity index (χ0) is 26.9. The standard InChI is InChI=1S/C25H23ClF4N4O4/c26-20-12-16(3-6-21(20)27)22-31-23(38-32-22)18-11-17(15-1-4-19(5-2-15)37-25(28,29)30)13-34(14-18)24(35)33-7-9-36-10-8-33/h1-6,12,17-18H,7-11,13-14H2. The number of aromatic nitrogens is 2. The van der Waals surface area contributed by atoms with E-state index in [-0.39, 0.29) is 34.5 Å². The van der Waals surface area contributed by atoms with Crippen molar-refractivity contribution in [3.05, 3.63) is 64.8 Å². The molecule has 1 aromatic heterocycles. The molecule has 0 radical (unpaired) electrons. The molecule has 0 N–H and O–H groups in total. The normalized spacial score (nSPS) is 20.4. The highest BCUT2D eigenvalue weighted by Crippen LogP contribution is 2.37. The van der Waals surface area contributed by atoms with E-state index in [2.05, 4.69) is 14.9 Å². The van der Waals surface area contributed by atoms with Crippen LogP contribution in [-0.2, 0) is 4.74 Å². The van der Waals surface area contributed by atoms with Crippen LogP contribution in [0.1, 0.15) is 29.7 Å². The lowest BCUT2D eigenvalue weighted by molar-refractivity contribution is -0.274. The maximum atomic E-state index is 13.6. The number of ether oxygens (including phenoxy) is 2. The Bertz CT molecular complexity index is 1280. The third-order valence-electron chi connectivity index (χ3n) is 6.56. The fraction of sp³-hybridized carbons (Fsp3) is 0.400. The Balaban J connectivity index is 1.40. The SMILES string of the molecule is O=C(N1CCOCC1)N1CC(c2ccc(OC(F)(F)F)cc2)CC(c2nc(-c3ccc(F)c(Cl)c3)no2)C1. The van der Waals surface area contributed by atoms with Gasteiger partial charge in [-0.3, -0.25) is 0 Å². The van der Waals surface area contributed by atoms with Gasteiger partial charge in [0.1, 0.15) is 11.6 Å². The van der Waals surface area contributed by atoms with E-state index < -0.39 is 12.2 Å². The number of benzene rings is 2. The molecule has 2 fully saturated rings. The van der Waals surface area contributed by atoms with Crippen molar-refractivity contribution in [3.63, 3.8) is 0 Å². The number of halogens is 5. The summed E-state index contributed by atoms with van der Waals surface area (Å²) in [7, 11) is 0. The predicted molar refractivity (Wildman–Crippen MR) is 127 cm³/mol. The first-order valence-corrected chi connectivity index (χ1v) is 12.3. The summed E-state index contributed by atoms with van der Waals surface area (Å²) in [5, 5.41) is 3.94. The van der Waals surface area contributed by atoms with Gasteiger partial charge in [-0.1, -0.05) is 28.9 Å². The fourth-order valence-electron chi connectivity index (χ4n) is 4.73. The highest BCUT2D eigenvalue weighted by molar-refractivity contribution is 6.31. The smallest absolute Gasteiger partial charge is 0.406 e. The molecular weight excluding hydrogens is 532 g/mol. The molecule has 3 heterocycles. The molecule has 2 aromatic carbocycles. The Hall–Kier alpha value is -3.38. The molecule has 202 valence electrons. The van der Waals surface area contributed by atoms with Gasteiger partial charge in [-0.15, -0.1) is 13.2 Å². The van der Waals surface area contributed by atoms with E-state index in [9.17, 15) is 22.4 Å². The van der Waals surface area contributed by atoms with Crippen LogP contribution in [0.15, 0.2) is 47.0 Å². The zero-order valence-corrected chi connectivity index (χ0v) is 20.7. The number of hydrogen-bond donors (Lipinski definition) is 0. The number of morpholine rings is 1. The molecule has 2 unspecified atom stereocenters. The maximum Gasteiger partial charge on any atom is 0.573 e. The van der Waals surface area contributed by atoms with E-state index >= 15 is 0 Å². The van der Waals surface area contributed by atoms with Crippen LogP contribution in [0.3, 0.4) is 0 Å². The number of rotatable bonds is 4. The largest absolute Gasteiger partial charge is 0.573 e. The molecule has 2 saturated heterocycles. The Labute approximate surface area is 220 Å². The number of likely N-dealkylation sites (tertiary alicyclic amines) is 1. The number of urea groups is 1. The quantitative estimate of drug-likeness (QED) is 0.399. The summed E-state index contributed by atoms with van der Waals surface area (Å²) in [5.74, 6) is -0.936. The second kappa shape index (κ2) is 10.8. The van der Waals surface area contributed by atoms with Crippen molar-refractivity contribution in [2.24, 2.45) is 0 Å².